The van der Waals surface area contributed by atoms with Crippen molar-refractivity contribution in [2.45, 2.75) is 19.3 Å². The quantitative estimate of drug-likeness (QED) is 0.878. The number of hydrogen-bond acceptors (Lipinski definition) is 2. The van der Waals surface area contributed by atoms with Gasteiger partial charge < -0.3 is 10.2 Å². The van der Waals surface area contributed by atoms with Crippen LogP contribution in [0.25, 0.3) is 0 Å². The van der Waals surface area contributed by atoms with Crippen molar-refractivity contribution in [3.8, 4) is 0 Å². The fraction of sp³-hybridized carbons (Fsp3) is 0.222. The molecular weight excluding hydrogens is 314 g/mol. The van der Waals surface area contributed by atoms with Crippen molar-refractivity contribution in [3.05, 3.63) is 59.7 Å². The molecular formula is C18H16F2N2O2. The average Bonchev–Trinajstić information content (AvgIpc) is 2.57. The summed E-state index contributed by atoms with van der Waals surface area (Å²) >= 11 is 0. The summed E-state index contributed by atoms with van der Waals surface area (Å²) in [4.78, 5) is 26.0. The molecule has 2 amide bonds. The lowest BCUT2D eigenvalue weighted by Crippen LogP contribution is -2.37. The van der Waals surface area contributed by atoms with E-state index in [4.69, 9.17) is 0 Å². The number of benzene rings is 2. The Morgan fingerprint density at radius 3 is 2.71 bits per heavy atom. The minimum absolute atomic E-state index is 0.145. The fourth-order valence-electron chi connectivity index (χ4n) is 2.81. The highest BCUT2D eigenvalue weighted by Gasteiger charge is 2.24. The highest BCUT2D eigenvalue weighted by Crippen LogP contribution is 2.27. The molecule has 0 aliphatic carbocycles. The van der Waals surface area contributed by atoms with E-state index in [9.17, 15) is 18.4 Å². The zero-order valence-electron chi connectivity index (χ0n) is 12.9. The molecule has 0 saturated carbocycles. The minimum atomic E-state index is -0.876. The minimum Gasteiger partial charge on any atom is -0.323 e. The molecule has 2 aromatic rings. The molecule has 0 aromatic heterocycles. The molecule has 1 N–H and O–H groups in total. The number of halogens is 2. The first kappa shape index (κ1) is 16.1. The van der Waals surface area contributed by atoms with E-state index in [1.807, 2.05) is 24.3 Å². The van der Waals surface area contributed by atoms with Crippen LogP contribution < -0.4 is 10.2 Å². The number of para-hydroxylation sites is 1. The number of fused-ring (bicyclic) bond motifs is 1. The third kappa shape index (κ3) is 3.42. The van der Waals surface area contributed by atoms with Gasteiger partial charge in [-0.2, -0.15) is 0 Å². The second-order valence-electron chi connectivity index (χ2n) is 5.63. The van der Waals surface area contributed by atoms with E-state index in [-0.39, 0.29) is 11.6 Å². The topological polar surface area (TPSA) is 49.4 Å². The van der Waals surface area contributed by atoms with Crippen LogP contribution in [0.3, 0.4) is 0 Å². The van der Waals surface area contributed by atoms with Gasteiger partial charge in [0.1, 0.15) is 18.1 Å². The summed E-state index contributed by atoms with van der Waals surface area (Å²) in [5.74, 6) is -2.58. The lowest BCUT2D eigenvalue weighted by molar-refractivity contribution is -0.125. The first-order chi connectivity index (χ1) is 11.5. The van der Waals surface area contributed by atoms with Crippen molar-refractivity contribution >= 4 is 23.2 Å². The monoisotopic (exact) mass is 330 g/mol. The van der Waals surface area contributed by atoms with E-state index in [0.29, 0.717) is 12.6 Å². The maximum atomic E-state index is 13.5. The lowest BCUT2D eigenvalue weighted by Gasteiger charge is -2.29. The van der Waals surface area contributed by atoms with Gasteiger partial charge in [-0.15, -0.1) is 0 Å². The van der Waals surface area contributed by atoms with Crippen molar-refractivity contribution in [3.63, 3.8) is 0 Å². The smallest absolute Gasteiger partial charge is 0.236 e. The largest absolute Gasteiger partial charge is 0.323 e. The number of carbonyl (C=O) groups excluding carboxylic acids is 2. The zero-order chi connectivity index (χ0) is 17.1. The van der Waals surface area contributed by atoms with Gasteiger partial charge in [0.25, 0.3) is 0 Å². The molecule has 24 heavy (non-hydrogen) atoms. The predicted molar refractivity (Wildman–Crippen MR) is 86.7 cm³/mol. The predicted octanol–water partition coefficient (Wildman–Crippen LogP) is 3.27. The Morgan fingerprint density at radius 2 is 1.92 bits per heavy atom. The summed E-state index contributed by atoms with van der Waals surface area (Å²) < 4.78 is 26.4. The van der Waals surface area contributed by atoms with Crippen molar-refractivity contribution in [1.29, 1.82) is 0 Å². The summed E-state index contributed by atoms with van der Waals surface area (Å²) in [5.41, 5.74) is 1.74. The number of anilines is 2. The second kappa shape index (κ2) is 6.78. The molecule has 0 unspecified atom stereocenters. The van der Waals surface area contributed by atoms with Crippen LogP contribution in [0.5, 0.6) is 0 Å². The SMILES string of the molecule is O=C(CC(=O)N1CCCc2ccccc21)Nc1ccc(F)cc1F. The molecule has 0 radical (unpaired) electrons. The van der Waals surface area contributed by atoms with Gasteiger partial charge in [-0.1, -0.05) is 18.2 Å². The fourth-order valence-corrected chi connectivity index (χ4v) is 2.81. The number of aryl methyl sites for hydroxylation is 1. The first-order valence-electron chi connectivity index (χ1n) is 7.68. The van der Waals surface area contributed by atoms with Crippen LogP contribution >= 0.6 is 0 Å². The standard InChI is InChI=1S/C18H16F2N2O2/c19-13-7-8-15(14(20)10-13)21-17(23)11-18(24)22-9-3-5-12-4-1-2-6-16(12)22/h1-2,4,6-8,10H,3,5,9,11H2,(H,21,23). The molecule has 0 fully saturated rings. The average molecular weight is 330 g/mol. The molecule has 0 saturated heterocycles. The molecule has 0 spiro atoms. The zero-order valence-corrected chi connectivity index (χ0v) is 12.9. The normalized spacial score (nSPS) is 13.3. The molecule has 1 aliphatic heterocycles. The summed E-state index contributed by atoms with van der Waals surface area (Å²) in [6, 6.07) is 10.4. The third-order valence-corrected chi connectivity index (χ3v) is 3.93. The molecule has 6 heteroatoms. The Morgan fingerprint density at radius 1 is 1.12 bits per heavy atom. The first-order valence-corrected chi connectivity index (χ1v) is 7.68. The second-order valence-corrected chi connectivity index (χ2v) is 5.63. The van der Waals surface area contributed by atoms with Gasteiger partial charge in [-0.25, -0.2) is 8.78 Å². The summed E-state index contributed by atoms with van der Waals surface area (Å²) in [5, 5.41) is 2.30. The number of nitrogens with one attached hydrogen (secondary N) is 1. The van der Waals surface area contributed by atoms with Crippen LogP contribution in [0.1, 0.15) is 18.4 Å². The highest BCUT2D eigenvalue weighted by molar-refractivity contribution is 6.09. The van der Waals surface area contributed by atoms with E-state index >= 15 is 0 Å². The molecule has 0 bridgehead atoms. The maximum absolute atomic E-state index is 13.5. The molecule has 1 aliphatic rings. The van der Waals surface area contributed by atoms with Crippen LogP contribution in [0.2, 0.25) is 0 Å². The van der Waals surface area contributed by atoms with Gasteiger partial charge in [-0.05, 0) is 36.6 Å². The Labute approximate surface area is 138 Å². The number of rotatable bonds is 3. The van der Waals surface area contributed by atoms with Crippen LogP contribution in [0.4, 0.5) is 20.2 Å². The van der Waals surface area contributed by atoms with Gasteiger partial charge in [0.2, 0.25) is 11.8 Å². The van der Waals surface area contributed by atoms with Crippen LogP contribution in [-0.2, 0) is 16.0 Å². The Kier molecular flexibility index (Phi) is 4.55. The van der Waals surface area contributed by atoms with Crippen molar-refractivity contribution in [1.82, 2.24) is 0 Å². The molecule has 4 nitrogen and oxygen atoms in total. The number of nitrogens with zero attached hydrogens (tertiary/aromatic N) is 1. The van der Waals surface area contributed by atoms with E-state index in [2.05, 4.69) is 5.32 Å². The summed E-state index contributed by atoms with van der Waals surface area (Å²) in [6.07, 6.45) is 1.33. The number of carbonyl (C=O) groups is 2. The van der Waals surface area contributed by atoms with Crippen LogP contribution in [-0.4, -0.2) is 18.4 Å². The Bertz CT molecular complexity index is 792. The molecule has 1 heterocycles. The van der Waals surface area contributed by atoms with Crippen molar-refractivity contribution in [2.75, 3.05) is 16.8 Å². The molecule has 3 rings (SSSR count). The van der Waals surface area contributed by atoms with Crippen LogP contribution in [0.15, 0.2) is 42.5 Å². The summed E-state index contributed by atoms with van der Waals surface area (Å²) in [6.45, 7) is 0.550. The van der Waals surface area contributed by atoms with E-state index < -0.39 is 24.0 Å². The van der Waals surface area contributed by atoms with Gasteiger partial charge in [0.15, 0.2) is 0 Å². The highest BCUT2D eigenvalue weighted by atomic mass is 19.1. The van der Waals surface area contributed by atoms with Crippen molar-refractivity contribution < 1.29 is 18.4 Å². The van der Waals surface area contributed by atoms with Gasteiger partial charge in [0.05, 0.1) is 5.69 Å². The van der Waals surface area contributed by atoms with E-state index in [0.717, 1.165) is 36.2 Å². The van der Waals surface area contributed by atoms with E-state index in [1.54, 1.807) is 4.90 Å². The maximum Gasteiger partial charge on any atom is 0.236 e. The van der Waals surface area contributed by atoms with Gasteiger partial charge in [0, 0.05) is 18.3 Å². The van der Waals surface area contributed by atoms with Crippen LogP contribution in [0, 0.1) is 11.6 Å². The van der Waals surface area contributed by atoms with Crippen molar-refractivity contribution in [2.24, 2.45) is 0 Å². The molecule has 2 aromatic carbocycles. The molecule has 124 valence electrons. The number of amides is 2. The van der Waals surface area contributed by atoms with Gasteiger partial charge in [-0.3, -0.25) is 9.59 Å². The third-order valence-electron chi connectivity index (χ3n) is 3.93. The van der Waals surface area contributed by atoms with Gasteiger partial charge >= 0.3 is 0 Å². The number of hydrogen-bond donors (Lipinski definition) is 1. The summed E-state index contributed by atoms with van der Waals surface area (Å²) in [7, 11) is 0. The Balaban J connectivity index is 1.68. The molecule has 0 atom stereocenters. The Hall–Kier alpha value is -2.76. The van der Waals surface area contributed by atoms with E-state index in [1.165, 1.54) is 0 Å². The lowest BCUT2D eigenvalue weighted by atomic mass is 10.0.